The molecule has 132 valence electrons. The first-order chi connectivity index (χ1) is 12.0. The molecular weight excluding hydrogens is 367 g/mol. The van der Waals surface area contributed by atoms with Crippen LogP contribution in [0.1, 0.15) is 22.8 Å². The van der Waals surface area contributed by atoms with Gasteiger partial charge in [0.05, 0.1) is 35.5 Å². The first kappa shape index (κ1) is 18.9. The van der Waals surface area contributed by atoms with Gasteiger partial charge in [0, 0.05) is 11.6 Å². The average molecular weight is 383 g/mol. The fourth-order valence-electron chi connectivity index (χ4n) is 1.96. The van der Waals surface area contributed by atoms with E-state index >= 15 is 0 Å². The van der Waals surface area contributed by atoms with Gasteiger partial charge < -0.3 is 14.6 Å². The third-order valence-corrected chi connectivity index (χ3v) is 4.01. The molecule has 0 atom stereocenters. The molecule has 2 aromatic rings. The number of phenols is 1. The van der Waals surface area contributed by atoms with E-state index < -0.39 is 5.91 Å². The van der Waals surface area contributed by atoms with Crippen molar-refractivity contribution in [2.75, 3.05) is 13.7 Å². The van der Waals surface area contributed by atoms with Gasteiger partial charge in [-0.05, 0) is 31.2 Å². The molecule has 0 radical (unpaired) electrons. The van der Waals surface area contributed by atoms with E-state index in [0.717, 1.165) is 0 Å². The van der Waals surface area contributed by atoms with E-state index in [1.165, 1.54) is 19.4 Å². The highest BCUT2D eigenvalue weighted by atomic mass is 35.5. The highest BCUT2D eigenvalue weighted by Gasteiger charge is 2.15. The van der Waals surface area contributed by atoms with Crippen molar-refractivity contribution in [1.29, 1.82) is 0 Å². The Morgan fingerprint density at radius 3 is 2.60 bits per heavy atom. The van der Waals surface area contributed by atoms with E-state index in [9.17, 15) is 9.90 Å². The molecule has 6 nitrogen and oxygen atoms in total. The Balaban J connectivity index is 2.17. The molecule has 0 fully saturated rings. The monoisotopic (exact) mass is 382 g/mol. The zero-order valence-corrected chi connectivity index (χ0v) is 15.1. The molecule has 25 heavy (non-hydrogen) atoms. The number of ether oxygens (including phenoxy) is 2. The summed E-state index contributed by atoms with van der Waals surface area (Å²) in [5.74, 6) is 0.180. The van der Waals surface area contributed by atoms with Gasteiger partial charge in [-0.1, -0.05) is 23.2 Å². The van der Waals surface area contributed by atoms with E-state index in [4.69, 9.17) is 32.7 Å². The smallest absolute Gasteiger partial charge is 0.271 e. The van der Waals surface area contributed by atoms with Crippen molar-refractivity contribution in [2.24, 2.45) is 5.10 Å². The fourth-order valence-corrected chi connectivity index (χ4v) is 2.35. The van der Waals surface area contributed by atoms with Crippen LogP contribution in [-0.2, 0) is 0 Å². The van der Waals surface area contributed by atoms with Crippen LogP contribution in [0.5, 0.6) is 17.2 Å². The van der Waals surface area contributed by atoms with Gasteiger partial charge in [0.15, 0.2) is 11.5 Å². The average Bonchev–Trinajstić information content (AvgIpc) is 2.62. The number of aromatic hydroxyl groups is 1. The van der Waals surface area contributed by atoms with Crippen LogP contribution in [0.3, 0.4) is 0 Å². The SMILES string of the molecule is CCOc1cc(Cl)c(Cl)c(/C=N\NC(=O)c2ccc(OC)cc2)c1O. The molecule has 0 aromatic heterocycles. The molecule has 0 aliphatic carbocycles. The van der Waals surface area contributed by atoms with Crippen LogP contribution in [0, 0.1) is 0 Å². The second-order valence-electron chi connectivity index (χ2n) is 4.79. The van der Waals surface area contributed by atoms with Crippen molar-refractivity contribution in [3.8, 4) is 17.2 Å². The second kappa shape index (κ2) is 8.60. The van der Waals surface area contributed by atoms with Gasteiger partial charge in [-0.15, -0.1) is 0 Å². The van der Waals surface area contributed by atoms with Gasteiger partial charge in [-0.25, -0.2) is 5.43 Å². The molecule has 2 N–H and O–H groups in total. The number of methoxy groups -OCH3 is 1. The summed E-state index contributed by atoms with van der Waals surface area (Å²) in [7, 11) is 1.54. The lowest BCUT2D eigenvalue weighted by Crippen LogP contribution is -2.17. The Kier molecular flexibility index (Phi) is 6.50. The highest BCUT2D eigenvalue weighted by molar-refractivity contribution is 6.43. The maximum Gasteiger partial charge on any atom is 0.271 e. The number of rotatable bonds is 6. The normalized spacial score (nSPS) is 10.7. The minimum atomic E-state index is -0.429. The molecule has 0 bridgehead atoms. The molecule has 0 saturated heterocycles. The van der Waals surface area contributed by atoms with Crippen LogP contribution >= 0.6 is 23.2 Å². The summed E-state index contributed by atoms with van der Waals surface area (Å²) >= 11 is 12.1. The van der Waals surface area contributed by atoms with Crippen LogP contribution in [0.4, 0.5) is 0 Å². The lowest BCUT2D eigenvalue weighted by Gasteiger charge is -2.10. The van der Waals surface area contributed by atoms with E-state index in [-0.39, 0.29) is 27.1 Å². The summed E-state index contributed by atoms with van der Waals surface area (Å²) in [6, 6.07) is 7.93. The van der Waals surface area contributed by atoms with Gasteiger partial charge in [-0.3, -0.25) is 4.79 Å². The lowest BCUT2D eigenvalue weighted by molar-refractivity contribution is 0.0955. The molecule has 0 unspecified atom stereocenters. The second-order valence-corrected chi connectivity index (χ2v) is 5.58. The summed E-state index contributed by atoms with van der Waals surface area (Å²) in [5, 5.41) is 14.3. The first-order valence-electron chi connectivity index (χ1n) is 7.29. The van der Waals surface area contributed by atoms with Crippen LogP contribution in [-0.4, -0.2) is 30.9 Å². The molecule has 2 rings (SSSR count). The van der Waals surface area contributed by atoms with Crippen molar-refractivity contribution < 1.29 is 19.4 Å². The predicted molar refractivity (Wildman–Crippen MR) is 97.4 cm³/mol. The third-order valence-electron chi connectivity index (χ3n) is 3.20. The standard InChI is InChI=1S/C17H16Cl2N2O4/c1-3-25-14-8-13(18)15(19)12(16(14)22)9-20-21-17(23)10-4-6-11(24-2)7-5-10/h4-9,22H,3H2,1-2H3,(H,21,23)/b20-9-. The van der Waals surface area contributed by atoms with Crippen molar-refractivity contribution in [3.63, 3.8) is 0 Å². The number of carbonyl (C=O) groups excluding carboxylic acids is 1. The minimum Gasteiger partial charge on any atom is -0.504 e. The lowest BCUT2D eigenvalue weighted by atomic mass is 10.2. The van der Waals surface area contributed by atoms with Crippen molar-refractivity contribution in [2.45, 2.75) is 6.92 Å². The van der Waals surface area contributed by atoms with E-state index in [2.05, 4.69) is 10.5 Å². The molecule has 0 heterocycles. The van der Waals surface area contributed by atoms with Crippen molar-refractivity contribution in [3.05, 3.63) is 51.5 Å². The molecule has 2 aromatic carbocycles. The number of nitrogens with one attached hydrogen (secondary N) is 1. The number of phenolic OH excluding ortho intramolecular Hbond substituents is 1. The quantitative estimate of drug-likeness (QED) is 0.586. The largest absolute Gasteiger partial charge is 0.504 e. The minimum absolute atomic E-state index is 0.102. The van der Waals surface area contributed by atoms with Crippen LogP contribution in [0.15, 0.2) is 35.4 Å². The maximum atomic E-state index is 12.0. The van der Waals surface area contributed by atoms with E-state index in [0.29, 0.717) is 17.9 Å². The van der Waals surface area contributed by atoms with Crippen molar-refractivity contribution in [1.82, 2.24) is 5.43 Å². The third kappa shape index (κ3) is 4.55. The van der Waals surface area contributed by atoms with Gasteiger partial charge in [0.1, 0.15) is 5.75 Å². The van der Waals surface area contributed by atoms with Gasteiger partial charge in [-0.2, -0.15) is 5.10 Å². The summed E-state index contributed by atoms with van der Waals surface area (Å²) in [6.45, 7) is 2.11. The number of benzene rings is 2. The van der Waals surface area contributed by atoms with Gasteiger partial charge in [0.25, 0.3) is 5.91 Å². The zero-order valence-electron chi connectivity index (χ0n) is 13.5. The van der Waals surface area contributed by atoms with Crippen molar-refractivity contribution >= 4 is 35.3 Å². The zero-order chi connectivity index (χ0) is 18.4. The topological polar surface area (TPSA) is 80.2 Å². The number of amides is 1. The molecule has 0 spiro atoms. The van der Waals surface area contributed by atoms with Crippen LogP contribution < -0.4 is 14.9 Å². The van der Waals surface area contributed by atoms with Crippen LogP contribution in [0.25, 0.3) is 0 Å². The molecular formula is C17H16Cl2N2O4. The Hall–Kier alpha value is -2.44. The Morgan fingerprint density at radius 1 is 1.32 bits per heavy atom. The molecule has 1 amide bonds. The number of hydrazone groups is 1. The first-order valence-corrected chi connectivity index (χ1v) is 8.04. The molecule has 8 heteroatoms. The van der Waals surface area contributed by atoms with E-state index in [1.807, 2.05) is 0 Å². The Bertz CT molecular complexity index is 792. The molecule has 0 aliphatic heterocycles. The summed E-state index contributed by atoms with van der Waals surface area (Å²) in [4.78, 5) is 12.0. The number of carbonyl (C=O) groups is 1. The summed E-state index contributed by atoms with van der Waals surface area (Å²) in [6.07, 6.45) is 1.20. The summed E-state index contributed by atoms with van der Waals surface area (Å²) < 4.78 is 10.3. The highest BCUT2D eigenvalue weighted by Crippen LogP contribution is 2.39. The number of nitrogens with zero attached hydrogens (tertiary/aromatic N) is 1. The Morgan fingerprint density at radius 2 is 2.00 bits per heavy atom. The number of hydrogen-bond acceptors (Lipinski definition) is 5. The van der Waals surface area contributed by atoms with Crippen LogP contribution in [0.2, 0.25) is 10.0 Å². The predicted octanol–water partition coefficient (Wildman–Crippen LogP) is 3.87. The Labute approximate surface area is 155 Å². The maximum absolute atomic E-state index is 12.0. The van der Waals surface area contributed by atoms with E-state index in [1.54, 1.807) is 31.2 Å². The van der Waals surface area contributed by atoms with Gasteiger partial charge in [0.2, 0.25) is 0 Å². The number of hydrogen-bond donors (Lipinski definition) is 2. The molecule has 0 saturated carbocycles. The number of halogens is 2. The fraction of sp³-hybridized carbons (Fsp3) is 0.176. The van der Waals surface area contributed by atoms with Gasteiger partial charge >= 0.3 is 0 Å². The summed E-state index contributed by atoms with van der Waals surface area (Å²) in [5.41, 5.74) is 2.89. The molecule has 0 aliphatic rings.